The lowest BCUT2D eigenvalue weighted by Crippen LogP contribution is -2.17. The molecule has 0 saturated heterocycles. The van der Waals surface area contributed by atoms with Gasteiger partial charge in [0, 0.05) is 18.2 Å². The van der Waals surface area contributed by atoms with E-state index in [1.807, 2.05) is 0 Å². The van der Waals surface area contributed by atoms with E-state index < -0.39 is 30.2 Å². The Morgan fingerprint density at radius 2 is 1.62 bits per heavy atom. The zero-order valence-corrected chi connectivity index (χ0v) is 7.46. The van der Waals surface area contributed by atoms with Crippen LogP contribution in [0.3, 0.4) is 0 Å². The van der Waals surface area contributed by atoms with Crippen molar-refractivity contribution in [3.05, 3.63) is 18.2 Å². The van der Waals surface area contributed by atoms with Gasteiger partial charge in [0.15, 0.2) is 0 Å². The Kier molecular flexibility index (Phi) is 3.41. The zero-order valence-electron chi connectivity index (χ0n) is 7.46. The predicted molar refractivity (Wildman–Crippen MR) is 41.4 cm³/mol. The molecule has 0 amide bonds. The van der Waals surface area contributed by atoms with Gasteiger partial charge in [0.1, 0.15) is 17.2 Å². The molecular weight excluding hydrogens is 239 g/mol. The summed E-state index contributed by atoms with van der Waals surface area (Å²) in [5, 5.41) is 8.93. The molecule has 0 fully saturated rings. The van der Waals surface area contributed by atoms with Crippen LogP contribution in [-0.4, -0.2) is 18.1 Å². The molecule has 1 aromatic carbocycles. The number of ether oxygens (including phenoxy) is 2. The summed E-state index contributed by atoms with van der Waals surface area (Å²) >= 11 is 0. The lowest BCUT2D eigenvalue weighted by molar-refractivity contribution is -0.274. The first-order chi connectivity index (χ1) is 7.26. The van der Waals surface area contributed by atoms with E-state index in [4.69, 9.17) is 5.11 Å². The minimum absolute atomic E-state index is 0.583. The Labute approximate surface area is 86.0 Å². The molecule has 0 heterocycles. The highest BCUT2D eigenvalue weighted by atomic mass is 19.4. The third-order valence-electron chi connectivity index (χ3n) is 1.32. The Morgan fingerprint density at radius 3 is 2.12 bits per heavy atom. The number of aromatic hydroxyl groups is 1. The summed E-state index contributed by atoms with van der Waals surface area (Å²) in [6.45, 7) is -3.21. The van der Waals surface area contributed by atoms with Crippen LogP contribution in [0.1, 0.15) is 0 Å². The Balaban J connectivity index is 2.90. The molecule has 0 spiro atoms. The molecule has 0 aliphatic rings. The molecule has 0 aromatic heterocycles. The second kappa shape index (κ2) is 4.42. The van der Waals surface area contributed by atoms with Crippen LogP contribution in [0.25, 0.3) is 0 Å². The molecule has 0 aliphatic heterocycles. The average Bonchev–Trinajstić information content (AvgIpc) is 1.96. The number of hydrogen-bond acceptors (Lipinski definition) is 3. The maximum Gasteiger partial charge on any atom is 0.573 e. The third kappa shape index (κ3) is 4.20. The Bertz CT molecular complexity index is 363. The monoisotopic (exact) mass is 244 g/mol. The fourth-order valence-corrected chi connectivity index (χ4v) is 0.920. The summed E-state index contributed by atoms with van der Waals surface area (Å²) in [5.74, 6) is -2.16. The first-order valence-corrected chi connectivity index (χ1v) is 3.81. The van der Waals surface area contributed by atoms with Crippen LogP contribution >= 0.6 is 0 Å². The Hall–Kier alpha value is -1.73. The van der Waals surface area contributed by atoms with Gasteiger partial charge in [-0.15, -0.1) is 13.2 Å². The summed E-state index contributed by atoms with van der Waals surface area (Å²) in [6, 6.07) is 1.93. The molecule has 0 atom stereocenters. The fourth-order valence-electron chi connectivity index (χ4n) is 0.920. The van der Waals surface area contributed by atoms with Crippen molar-refractivity contribution < 1.29 is 36.5 Å². The van der Waals surface area contributed by atoms with Gasteiger partial charge in [0.2, 0.25) is 0 Å². The number of halogens is 5. The van der Waals surface area contributed by atoms with Gasteiger partial charge in [-0.1, -0.05) is 0 Å². The van der Waals surface area contributed by atoms with Crippen molar-refractivity contribution in [1.82, 2.24) is 0 Å². The molecule has 3 nitrogen and oxygen atoms in total. The highest BCUT2D eigenvalue weighted by Gasteiger charge is 2.31. The predicted octanol–water partition coefficient (Wildman–Crippen LogP) is 2.89. The SMILES string of the molecule is Oc1cc(OC(F)F)cc(OC(F)(F)F)c1. The van der Waals surface area contributed by atoms with Crippen LogP contribution in [-0.2, 0) is 0 Å². The van der Waals surface area contributed by atoms with Gasteiger partial charge in [0.05, 0.1) is 0 Å². The van der Waals surface area contributed by atoms with Crippen molar-refractivity contribution in [1.29, 1.82) is 0 Å². The van der Waals surface area contributed by atoms with Gasteiger partial charge in [0.25, 0.3) is 0 Å². The summed E-state index contributed by atoms with van der Waals surface area (Å²) in [6.07, 6.45) is -4.98. The van der Waals surface area contributed by atoms with E-state index in [1.165, 1.54) is 0 Å². The van der Waals surface area contributed by atoms with E-state index in [9.17, 15) is 22.0 Å². The second-order valence-corrected chi connectivity index (χ2v) is 2.59. The molecule has 90 valence electrons. The van der Waals surface area contributed by atoms with E-state index in [1.54, 1.807) is 0 Å². The highest BCUT2D eigenvalue weighted by Crippen LogP contribution is 2.31. The molecular formula is C8H5F5O3. The van der Waals surface area contributed by atoms with Crippen molar-refractivity contribution in [3.63, 3.8) is 0 Å². The topological polar surface area (TPSA) is 38.7 Å². The first kappa shape index (κ1) is 12.3. The maximum absolute atomic E-state index is 11.8. The van der Waals surface area contributed by atoms with Crippen molar-refractivity contribution >= 4 is 0 Å². The standard InChI is InChI=1S/C8H5F5O3/c9-7(10)15-5-1-4(14)2-6(3-5)16-8(11,12)13/h1-3,7,14H. The van der Waals surface area contributed by atoms with Crippen molar-refractivity contribution in [2.45, 2.75) is 13.0 Å². The summed E-state index contributed by atoms with van der Waals surface area (Å²) in [5.41, 5.74) is 0. The van der Waals surface area contributed by atoms with Gasteiger partial charge in [-0.2, -0.15) is 8.78 Å². The van der Waals surface area contributed by atoms with E-state index in [0.29, 0.717) is 12.1 Å². The van der Waals surface area contributed by atoms with Crippen LogP contribution in [0.2, 0.25) is 0 Å². The second-order valence-electron chi connectivity index (χ2n) is 2.59. The number of alkyl halides is 5. The zero-order chi connectivity index (χ0) is 12.3. The molecule has 1 rings (SSSR count). The van der Waals surface area contributed by atoms with E-state index in [-0.39, 0.29) is 0 Å². The molecule has 16 heavy (non-hydrogen) atoms. The summed E-state index contributed by atoms with van der Waals surface area (Å²) in [7, 11) is 0. The number of phenols is 1. The molecule has 0 aliphatic carbocycles. The fraction of sp³-hybridized carbons (Fsp3) is 0.250. The number of benzene rings is 1. The summed E-state index contributed by atoms with van der Waals surface area (Å²) in [4.78, 5) is 0. The number of hydrogen-bond donors (Lipinski definition) is 1. The van der Waals surface area contributed by atoms with Crippen LogP contribution in [0.5, 0.6) is 17.2 Å². The maximum atomic E-state index is 11.8. The summed E-state index contributed by atoms with van der Waals surface area (Å²) < 4.78 is 66.1. The van der Waals surface area contributed by atoms with E-state index in [2.05, 4.69) is 9.47 Å². The molecule has 0 radical (unpaired) electrons. The quantitative estimate of drug-likeness (QED) is 0.831. The van der Waals surface area contributed by atoms with Crippen LogP contribution in [0.4, 0.5) is 22.0 Å². The van der Waals surface area contributed by atoms with Crippen LogP contribution in [0, 0.1) is 0 Å². The van der Waals surface area contributed by atoms with Crippen molar-refractivity contribution in [2.75, 3.05) is 0 Å². The van der Waals surface area contributed by atoms with Crippen LogP contribution < -0.4 is 9.47 Å². The number of phenolic OH excluding ortho intramolecular Hbond substituents is 1. The van der Waals surface area contributed by atoms with E-state index in [0.717, 1.165) is 6.07 Å². The third-order valence-corrected chi connectivity index (χ3v) is 1.32. The van der Waals surface area contributed by atoms with Gasteiger partial charge < -0.3 is 14.6 Å². The van der Waals surface area contributed by atoms with E-state index >= 15 is 0 Å². The van der Waals surface area contributed by atoms with Crippen LogP contribution in [0.15, 0.2) is 18.2 Å². The largest absolute Gasteiger partial charge is 0.573 e. The normalized spacial score (nSPS) is 11.6. The van der Waals surface area contributed by atoms with Gasteiger partial charge >= 0.3 is 13.0 Å². The molecule has 1 N–H and O–H groups in total. The van der Waals surface area contributed by atoms with Gasteiger partial charge in [-0.05, 0) is 0 Å². The lowest BCUT2D eigenvalue weighted by atomic mass is 10.3. The molecule has 8 heteroatoms. The van der Waals surface area contributed by atoms with Gasteiger partial charge in [-0.3, -0.25) is 0 Å². The average molecular weight is 244 g/mol. The minimum Gasteiger partial charge on any atom is -0.508 e. The lowest BCUT2D eigenvalue weighted by Gasteiger charge is -2.11. The minimum atomic E-state index is -4.98. The molecule has 1 aromatic rings. The molecule has 0 saturated carbocycles. The Morgan fingerprint density at radius 1 is 1.06 bits per heavy atom. The molecule has 0 bridgehead atoms. The van der Waals surface area contributed by atoms with Crippen molar-refractivity contribution in [2.24, 2.45) is 0 Å². The number of rotatable bonds is 3. The molecule has 0 unspecified atom stereocenters. The van der Waals surface area contributed by atoms with Crippen molar-refractivity contribution in [3.8, 4) is 17.2 Å². The smallest absolute Gasteiger partial charge is 0.508 e. The first-order valence-electron chi connectivity index (χ1n) is 3.81. The van der Waals surface area contributed by atoms with Gasteiger partial charge in [-0.25, -0.2) is 0 Å². The highest BCUT2D eigenvalue weighted by molar-refractivity contribution is 5.41.